The minimum absolute atomic E-state index is 0.109. The average molecular weight is 1520 g/mol. The van der Waals surface area contributed by atoms with E-state index in [-0.39, 0.29) is 25.7 Å². The summed E-state index contributed by atoms with van der Waals surface area (Å²) in [7, 11) is -9.93. The zero-order chi connectivity index (χ0) is 76.2. The van der Waals surface area contributed by atoms with Crippen LogP contribution in [0.3, 0.4) is 0 Å². The van der Waals surface area contributed by atoms with E-state index in [1.54, 1.807) is 0 Å². The van der Waals surface area contributed by atoms with Gasteiger partial charge in [0.1, 0.15) is 19.3 Å². The fourth-order valence-electron chi connectivity index (χ4n) is 13.3. The molecule has 0 saturated carbocycles. The molecule has 3 N–H and O–H groups in total. The average Bonchev–Trinajstić information content (AvgIpc) is 0.907. The number of phosphoric acid groups is 2. The molecule has 0 aromatic carbocycles. The van der Waals surface area contributed by atoms with Crippen LogP contribution in [0, 0.1) is 5.92 Å². The second-order valence-electron chi connectivity index (χ2n) is 30.8. The summed E-state index contributed by atoms with van der Waals surface area (Å²) in [4.78, 5) is 73.2. The molecular formula is C85H166O17P2. The van der Waals surface area contributed by atoms with Crippen LogP contribution in [-0.4, -0.2) is 96.7 Å². The number of unbranched alkanes of at least 4 members (excludes halogenated alkanes) is 56. The third-order valence-electron chi connectivity index (χ3n) is 20.4. The summed E-state index contributed by atoms with van der Waals surface area (Å²) in [5.74, 6) is -1.25. The van der Waals surface area contributed by atoms with E-state index in [2.05, 4.69) is 34.6 Å². The van der Waals surface area contributed by atoms with Crippen molar-refractivity contribution in [1.82, 2.24) is 0 Å². The molecule has 0 aliphatic rings. The maximum absolute atomic E-state index is 13.1. The lowest BCUT2D eigenvalue weighted by molar-refractivity contribution is -0.161. The smallest absolute Gasteiger partial charge is 0.462 e. The second-order valence-corrected chi connectivity index (χ2v) is 33.7. The SMILES string of the molecule is CCCCCCCCCCCCCCCCCCCCCC(=O)O[C@H](COC(=O)CCCCCCCCCCCCCCCCC(C)CC)COP(=O)(O)OC[C@@H](O)COP(=O)(O)OC[C@@H](COC(=O)CCCCCCCCCCCCCCC)OC(=O)CCCCCCCCCCCCCCCC. The molecule has 0 spiro atoms. The van der Waals surface area contributed by atoms with Crippen molar-refractivity contribution in [2.45, 2.75) is 477 Å². The minimum Gasteiger partial charge on any atom is -0.462 e. The number of ether oxygens (including phenoxy) is 4. The van der Waals surface area contributed by atoms with Crippen LogP contribution in [0.4, 0.5) is 0 Å². The molecule has 0 fully saturated rings. The summed E-state index contributed by atoms with van der Waals surface area (Å²) in [6.07, 6.45) is 70.6. The molecule has 0 aromatic rings. The lowest BCUT2D eigenvalue weighted by Crippen LogP contribution is -2.30. The highest BCUT2D eigenvalue weighted by atomic mass is 31.2. The van der Waals surface area contributed by atoms with E-state index < -0.39 is 97.5 Å². The number of phosphoric ester groups is 2. The Hall–Kier alpha value is -1.94. The van der Waals surface area contributed by atoms with E-state index >= 15 is 0 Å². The molecule has 17 nitrogen and oxygen atoms in total. The first-order valence-corrected chi connectivity index (χ1v) is 47.2. The number of esters is 4. The van der Waals surface area contributed by atoms with E-state index in [1.165, 1.54) is 283 Å². The summed E-state index contributed by atoms with van der Waals surface area (Å²) in [6.45, 7) is 7.42. The van der Waals surface area contributed by atoms with Crippen molar-refractivity contribution >= 4 is 39.5 Å². The topological polar surface area (TPSA) is 237 Å². The molecule has 6 atom stereocenters. The van der Waals surface area contributed by atoms with Crippen LogP contribution in [0.15, 0.2) is 0 Å². The van der Waals surface area contributed by atoms with Gasteiger partial charge in [0, 0.05) is 25.7 Å². The van der Waals surface area contributed by atoms with Gasteiger partial charge in [-0.05, 0) is 31.6 Å². The number of hydrogen-bond acceptors (Lipinski definition) is 15. The van der Waals surface area contributed by atoms with Gasteiger partial charge in [-0.1, -0.05) is 407 Å². The van der Waals surface area contributed by atoms with Crippen LogP contribution in [0.2, 0.25) is 0 Å². The number of aliphatic hydroxyl groups excluding tert-OH is 1. The Morgan fingerprint density at radius 1 is 0.269 bits per heavy atom. The van der Waals surface area contributed by atoms with Crippen LogP contribution in [0.25, 0.3) is 0 Å². The largest absolute Gasteiger partial charge is 0.472 e. The van der Waals surface area contributed by atoms with Crippen molar-refractivity contribution in [3.05, 3.63) is 0 Å². The van der Waals surface area contributed by atoms with E-state index in [0.717, 1.165) is 95.8 Å². The van der Waals surface area contributed by atoms with Gasteiger partial charge in [-0.25, -0.2) is 9.13 Å². The van der Waals surface area contributed by atoms with Crippen molar-refractivity contribution < 1.29 is 80.2 Å². The van der Waals surface area contributed by atoms with E-state index in [0.29, 0.717) is 25.7 Å². The van der Waals surface area contributed by atoms with Gasteiger partial charge in [0.05, 0.1) is 26.4 Å². The van der Waals surface area contributed by atoms with Crippen molar-refractivity contribution in [3.8, 4) is 0 Å². The normalized spacial score (nSPS) is 14.0. The Labute approximate surface area is 638 Å². The molecule has 618 valence electrons. The number of aliphatic hydroxyl groups is 1. The van der Waals surface area contributed by atoms with Gasteiger partial charge < -0.3 is 33.8 Å². The van der Waals surface area contributed by atoms with Gasteiger partial charge in [-0.3, -0.25) is 37.3 Å². The van der Waals surface area contributed by atoms with E-state index in [9.17, 15) is 43.2 Å². The van der Waals surface area contributed by atoms with E-state index in [1.807, 2.05) is 0 Å². The van der Waals surface area contributed by atoms with Crippen molar-refractivity contribution in [3.63, 3.8) is 0 Å². The lowest BCUT2D eigenvalue weighted by atomic mass is 9.99. The highest BCUT2D eigenvalue weighted by molar-refractivity contribution is 7.47. The highest BCUT2D eigenvalue weighted by Gasteiger charge is 2.30. The molecule has 0 bridgehead atoms. The van der Waals surface area contributed by atoms with Crippen molar-refractivity contribution in [1.29, 1.82) is 0 Å². The molecular weight excluding hydrogens is 1350 g/mol. The molecule has 19 heteroatoms. The van der Waals surface area contributed by atoms with Gasteiger partial charge in [-0.2, -0.15) is 0 Å². The second kappa shape index (κ2) is 77.8. The molecule has 0 aliphatic carbocycles. The van der Waals surface area contributed by atoms with Gasteiger partial charge >= 0.3 is 39.5 Å². The Bertz CT molecular complexity index is 1980. The molecule has 104 heavy (non-hydrogen) atoms. The molecule has 0 aromatic heterocycles. The van der Waals surface area contributed by atoms with E-state index in [4.69, 9.17) is 37.0 Å². The summed E-state index contributed by atoms with van der Waals surface area (Å²) in [5, 5.41) is 10.7. The summed E-state index contributed by atoms with van der Waals surface area (Å²) < 4.78 is 68.9. The third-order valence-corrected chi connectivity index (χ3v) is 22.3. The molecule has 0 saturated heterocycles. The summed E-state index contributed by atoms with van der Waals surface area (Å²) in [5.41, 5.74) is 0. The third kappa shape index (κ3) is 76.8. The Kier molecular flexibility index (Phi) is 76.3. The lowest BCUT2D eigenvalue weighted by Gasteiger charge is -2.21. The van der Waals surface area contributed by atoms with Crippen molar-refractivity contribution in [2.75, 3.05) is 39.6 Å². The predicted octanol–water partition coefficient (Wildman–Crippen LogP) is 26.0. The predicted molar refractivity (Wildman–Crippen MR) is 428 cm³/mol. The van der Waals surface area contributed by atoms with Crippen LogP contribution >= 0.6 is 15.6 Å². The van der Waals surface area contributed by atoms with Gasteiger partial charge in [0.2, 0.25) is 0 Å². The first-order chi connectivity index (χ1) is 50.6. The monoisotopic (exact) mass is 1520 g/mol. The molecule has 0 amide bonds. The fourth-order valence-corrected chi connectivity index (χ4v) is 14.8. The molecule has 0 aliphatic heterocycles. The first-order valence-electron chi connectivity index (χ1n) is 44.2. The van der Waals surface area contributed by atoms with Gasteiger partial charge in [0.15, 0.2) is 12.2 Å². The molecule has 3 unspecified atom stereocenters. The highest BCUT2D eigenvalue weighted by Crippen LogP contribution is 2.45. The van der Waals surface area contributed by atoms with Crippen LogP contribution in [-0.2, 0) is 65.4 Å². The van der Waals surface area contributed by atoms with Crippen LogP contribution in [0.1, 0.15) is 458 Å². The number of carbonyl (C=O) groups is 4. The standard InChI is InChI=1S/C85H166O17P2/c1-6-10-13-16-19-22-25-28-30-31-32-33-34-41-46-51-56-61-66-71-85(90)102-81(75-96-83(88)69-64-59-54-49-44-40-36-35-38-42-47-52-57-62-67-78(5)9-4)77-100-104(93,94)98-73-79(86)72-97-103(91,92)99-76-80(74-95-82(87)68-63-58-53-48-43-37-27-24-21-18-15-12-8-3)101-84(89)70-65-60-55-50-45-39-29-26-23-20-17-14-11-7-2/h78-81,86H,6-77H2,1-5H3,(H,91,92)(H,93,94)/t78?,79-,80+,81+/m0/s1. The van der Waals surface area contributed by atoms with Crippen LogP contribution in [0.5, 0.6) is 0 Å². The Balaban J connectivity index is 5.26. The maximum atomic E-state index is 13.1. The minimum atomic E-state index is -4.96. The van der Waals surface area contributed by atoms with Gasteiger partial charge in [-0.15, -0.1) is 0 Å². The quantitative estimate of drug-likeness (QED) is 0.0222. The fraction of sp³-hybridized carbons (Fsp3) is 0.953. The number of hydrogen-bond donors (Lipinski definition) is 3. The zero-order valence-electron chi connectivity index (χ0n) is 68.2. The summed E-state index contributed by atoms with van der Waals surface area (Å²) >= 11 is 0. The number of carbonyl (C=O) groups excluding carboxylic acids is 4. The molecule has 0 rings (SSSR count). The Morgan fingerprint density at radius 3 is 0.683 bits per heavy atom. The molecule has 0 heterocycles. The van der Waals surface area contributed by atoms with Crippen LogP contribution < -0.4 is 0 Å². The Morgan fingerprint density at radius 2 is 0.462 bits per heavy atom. The zero-order valence-corrected chi connectivity index (χ0v) is 70.0. The first kappa shape index (κ1) is 102. The number of rotatable bonds is 85. The van der Waals surface area contributed by atoms with Crippen molar-refractivity contribution in [2.24, 2.45) is 5.92 Å². The maximum Gasteiger partial charge on any atom is 0.472 e. The van der Waals surface area contributed by atoms with Gasteiger partial charge in [0.25, 0.3) is 0 Å². The summed E-state index contributed by atoms with van der Waals surface area (Å²) in [6, 6.07) is 0. The molecule has 0 radical (unpaired) electrons.